The largest absolute Gasteiger partial charge is 0.416 e. The summed E-state index contributed by atoms with van der Waals surface area (Å²) in [5.74, 6) is 0.357. The second-order valence-electron chi connectivity index (χ2n) is 8.15. The van der Waals surface area contributed by atoms with Crippen molar-refractivity contribution >= 4 is 32.6 Å². The lowest BCUT2D eigenvalue weighted by atomic mass is 10.0. The van der Waals surface area contributed by atoms with E-state index in [9.17, 15) is 21.6 Å². The molecule has 0 saturated heterocycles. The number of nitrogens with one attached hydrogen (secondary N) is 3. The van der Waals surface area contributed by atoms with E-state index < -0.39 is 21.8 Å². The van der Waals surface area contributed by atoms with E-state index in [4.69, 9.17) is 0 Å². The Morgan fingerprint density at radius 3 is 2.35 bits per heavy atom. The third kappa shape index (κ3) is 4.91. The zero-order valence-corrected chi connectivity index (χ0v) is 20.2. The van der Waals surface area contributed by atoms with E-state index >= 15 is 0 Å². The number of sulfonamides is 1. The summed E-state index contributed by atoms with van der Waals surface area (Å²) in [6.07, 6.45) is -3.16. The van der Waals surface area contributed by atoms with Gasteiger partial charge in [-0.05, 0) is 48.5 Å². The topological polar surface area (TPSA) is 99.8 Å². The highest BCUT2D eigenvalue weighted by Gasteiger charge is 2.30. The van der Waals surface area contributed by atoms with Crippen LogP contribution in [-0.2, 0) is 16.2 Å². The third-order valence-electron chi connectivity index (χ3n) is 5.83. The van der Waals surface area contributed by atoms with E-state index in [0.29, 0.717) is 33.8 Å². The molecule has 11 heteroatoms. The van der Waals surface area contributed by atoms with Gasteiger partial charge >= 0.3 is 6.18 Å². The van der Waals surface area contributed by atoms with Crippen molar-refractivity contribution in [2.75, 3.05) is 12.4 Å². The summed E-state index contributed by atoms with van der Waals surface area (Å²) < 4.78 is 66.9. The quantitative estimate of drug-likeness (QED) is 0.255. The molecule has 5 rings (SSSR count). The molecule has 3 aromatic carbocycles. The maximum atomic E-state index is 13.2. The molecule has 0 fully saturated rings. The molecule has 0 atom stereocenters. The van der Waals surface area contributed by atoms with Gasteiger partial charge in [-0.15, -0.1) is 0 Å². The highest BCUT2D eigenvalue weighted by molar-refractivity contribution is 7.89. The number of rotatable bonds is 6. The Labute approximate surface area is 210 Å². The normalized spacial score (nSPS) is 12.1. The first-order valence-electron chi connectivity index (χ1n) is 11.1. The number of hydrogen-bond acceptors (Lipinski definition) is 5. The lowest BCUT2D eigenvalue weighted by molar-refractivity contribution is -0.137. The monoisotopic (exact) mass is 523 g/mol. The number of alkyl halides is 3. The van der Waals surface area contributed by atoms with Gasteiger partial charge in [-0.25, -0.2) is 23.1 Å². The average molecular weight is 524 g/mol. The molecule has 5 aromatic rings. The summed E-state index contributed by atoms with van der Waals surface area (Å²) in [7, 11) is -2.39. The first-order valence-corrected chi connectivity index (χ1v) is 12.6. The first-order chi connectivity index (χ1) is 17.7. The van der Waals surface area contributed by atoms with Crippen LogP contribution in [0.2, 0.25) is 0 Å². The van der Waals surface area contributed by atoms with Crippen molar-refractivity contribution in [2.24, 2.45) is 0 Å². The Balaban J connectivity index is 1.61. The molecule has 188 valence electrons. The van der Waals surface area contributed by atoms with Gasteiger partial charge in [-0.3, -0.25) is 0 Å². The van der Waals surface area contributed by atoms with Crippen LogP contribution in [0.5, 0.6) is 0 Å². The van der Waals surface area contributed by atoms with Gasteiger partial charge in [0.1, 0.15) is 17.8 Å². The molecule has 0 aliphatic rings. The molecule has 0 bridgehead atoms. The van der Waals surface area contributed by atoms with Crippen LogP contribution in [0.25, 0.3) is 33.4 Å². The Morgan fingerprint density at radius 1 is 0.865 bits per heavy atom. The zero-order valence-electron chi connectivity index (χ0n) is 19.3. The zero-order chi connectivity index (χ0) is 26.2. The van der Waals surface area contributed by atoms with Crippen LogP contribution in [0.15, 0.2) is 90.1 Å². The molecule has 0 aliphatic heterocycles. The number of nitrogens with zero attached hydrogens (tertiary/aromatic N) is 2. The van der Waals surface area contributed by atoms with Crippen LogP contribution < -0.4 is 10.0 Å². The smallest absolute Gasteiger partial charge is 0.339 e. The molecule has 0 amide bonds. The van der Waals surface area contributed by atoms with E-state index in [1.807, 2.05) is 30.3 Å². The minimum absolute atomic E-state index is 0.0567. The minimum atomic E-state index is -4.47. The summed E-state index contributed by atoms with van der Waals surface area (Å²) in [6.45, 7) is 0. The molecular weight excluding hydrogens is 503 g/mol. The van der Waals surface area contributed by atoms with E-state index in [1.165, 1.54) is 31.6 Å². The number of fused-ring (bicyclic) bond motifs is 1. The van der Waals surface area contributed by atoms with E-state index in [0.717, 1.165) is 23.3 Å². The van der Waals surface area contributed by atoms with Crippen LogP contribution in [0.3, 0.4) is 0 Å². The molecule has 2 aromatic heterocycles. The van der Waals surface area contributed by atoms with Gasteiger partial charge in [-0.2, -0.15) is 13.2 Å². The number of benzene rings is 3. The Kier molecular flexibility index (Phi) is 6.18. The first kappa shape index (κ1) is 24.5. The molecule has 0 aliphatic carbocycles. The number of aromatic amines is 1. The van der Waals surface area contributed by atoms with E-state index in [-0.39, 0.29) is 4.90 Å². The van der Waals surface area contributed by atoms with Crippen molar-refractivity contribution in [3.63, 3.8) is 0 Å². The fourth-order valence-electron chi connectivity index (χ4n) is 3.97. The van der Waals surface area contributed by atoms with Crippen LogP contribution >= 0.6 is 0 Å². The van der Waals surface area contributed by atoms with Gasteiger partial charge < -0.3 is 10.3 Å². The van der Waals surface area contributed by atoms with Gasteiger partial charge in [0.15, 0.2) is 0 Å². The number of H-pyrrole nitrogens is 1. The summed E-state index contributed by atoms with van der Waals surface area (Å²) in [5.41, 5.74) is 2.47. The second kappa shape index (κ2) is 9.34. The lowest BCUT2D eigenvalue weighted by Crippen LogP contribution is -2.18. The van der Waals surface area contributed by atoms with E-state index in [1.54, 1.807) is 18.2 Å². The van der Waals surface area contributed by atoms with Crippen LogP contribution in [-0.4, -0.2) is 30.4 Å². The van der Waals surface area contributed by atoms with Crippen LogP contribution in [0, 0.1) is 0 Å². The Bertz CT molecular complexity index is 1700. The molecule has 37 heavy (non-hydrogen) atoms. The summed E-state index contributed by atoms with van der Waals surface area (Å²) >= 11 is 0. The Hall–Kier alpha value is -4.22. The SMILES string of the molecule is CNS(=O)(=O)c1ccc(-c2ccccc2)c(Nc2ncnc3[nH]c(-c4cccc(C(F)(F)F)c4)cc23)c1. The summed E-state index contributed by atoms with van der Waals surface area (Å²) in [5, 5.41) is 3.73. The molecule has 0 spiro atoms. The maximum Gasteiger partial charge on any atom is 0.416 e. The van der Waals surface area contributed by atoms with Gasteiger partial charge in [0.2, 0.25) is 10.0 Å². The third-order valence-corrected chi connectivity index (χ3v) is 7.25. The van der Waals surface area contributed by atoms with Crippen molar-refractivity contribution in [3.05, 3.63) is 90.8 Å². The van der Waals surface area contributed by atoms with Gasteiger partial charge in [0.25, 0.3) is 0 Å². The minimum Gasteiger partial charge on any atom is -0.339 e. The predicted octanol–water partition coefficient (Wildman–Crippen LogP) is 5.96. The molecule has 7 nitrogen and oxygen atoms in total. The van der Waals surface area contributed by atoms with Crippen molar-refractivity contribution in [3.8, 4) is 22.4 Å². The number of halogens is 3. The fraction of sp³-hybridized carbons (Fsp3) is 0.0769. The molecule has 3 N–H and O–H groups in total. The molecule has 2 heterocycles. The number of anilines is 2. The number of aromatic nitrogens is 3. The molecular formula is C26H20F3N5O2S. The van der Waals surface area contributed by atoms with Crippen molar-refractivity contribution in [1.29, 1.82) is 0 Å². The molecule has 0 saturated carbocycles. The summed E-state index contributed by atoms with van der Waals surface area (Å²) in [6, 6.07) is 20.7. The van der Waals surface area contributed by atoms with Gasteiger partial charge in [0.05, 0.1) is 15.8 Å². The maximum absolute atomic E-state index is 13.2. The van der Waals surface area contributed by atoms with Crippen molar-refractivity contribution < 1.29 is 21.6 Å². The summed E-state index contributed by atoms with van der Waals surface area (Å²) in [4.78, 5) is 11.6. The van der Waals surface area contributed by atoms with Crippen LogP contribution in [0.1, 0.15) is 5.56 Å². The van der Waals surface area contributed by atoms with Crippen LogP contribution in [0.4, 0.5) is 24.7 Å². The van der Waals surface area contributed by atoms with Gasteiger partial charge in [0, 0.05) is 16.9 Å². The fourth-order valence-corrected chi connectivity index (χ4v) is 4.72. The second-order valence-corrected chi connectivity index (χ2v) is 10.0. The number of hydrogen-bond donors (Lipinski definition) is 3. The average Bonchev–Trinajstić information content (AvgIpc) is 3.34. The highest BCUT2D eigenvalue weighted by atomic mass is 32.2. The van der Waals surface area contributed by atoms with Crippen molar-refractivity contribution in [2.45, 2.75) is 11.1 Å². The predicted molar refractivity (Wildman–Crippen MR) is 136 cm³/mol. The van der Waals surface area contributed by atoms with E-state index in [2.05, 4.69) is 25.0 Å². The standard InChI is InChI=1S/C26H20F3N5O2S/c1-30-37(35,36)19-10-11-20(16-6-3-2-4-7-16)23(13-19)34-25-21-14-22(33-24(21)31-15-32-25)17-8-5-9-18(12-17)26(27,28)29/h2-15,30H,1H3,(H2,31,32,33,34). The molecule has 0 radical (unpaired) electrons. The van der Waals surface area contributed by atoms with Gasteiger partial charge in [-0.1, -0.05) is 48.5 Å². The molecule has 0 unspecified atom stereocenters. The lowest BCUT2D eigenvalue weighted by Gasteiger charge is -2.14. The Morgan fingerprint density at radius 2 is 1.62 bits per heavy atom. The highest BCUT2D eigenvalue weighted by Crippen LogP contribution is 2.36. The van der Waals surface area contributed by atoms with Crippen molar-refractivity contribution in [1.82, 2.24) is 19.7 Å².